The molecule has 148 valence electrons. The Labute approximate surface area is 160 Å². The van der Waals surface area contributed by atoms with Gasteiger partial charge in [0, 0.05) is 51.5 Å². The molecule has 2 aromatic rings. The van der Waals surface area contributed by atoms with Crippen molar-refractivity contribution in [2.75, 3.05) is 20.6 Å². The zero-order chi connectivity index (χ0) is 19.6. The number of hydrogen-bond donors (Lipinski definition) is 1. The summed E-state index contributed by atoms with van der Waals surface area (Å²) in [5.74, 6) is -0.102. The lowest BCUT2D eigenvalue weighted by atomic mass is 10.1. The highest BCUT2D eigenvalue weighted by molar-refractivity contribution is 5.76. The molecule has 0 spiro atoms. The number of carbonyl (C=O) groups is 1. The molecular weight excluding hydrogens is 344 g/mol. The van der Waals surface area contributed by atoms with Crippen molar-refractivity contribution in [2.45, 2.75) is 59.0 Å². The van der Waals surface area contributed by atoms with E-state index in [0.29, 0.717) is 5.69 Å². The van der Waals surface area contributed by atoms with Crippen LogP contribution in [-0.2, 0) is 31.0 Å². The Morgan fingerprint density at radius 2 is 2.15 bits per heavy atom. The van der Waals surface area contributed by atoms with Gasteiger partial charge in [0.15, 0.2) is 0 Å². The molecule has 0 unspecified atom stereocenters. The third kappa shape index (κ3) is 4.39. The molecule has 0 bridgehead atoms. The van der Waals surface area contributed by atoms with Gasteiger partial charge in [0.05, 0.1) is 30.6 Å². The Morgan fingerprint density at radius 3 is 2.85 bits per heavy atom. The van der Waals surface area contributed by atoms with Gasteiger partial charge in [0.25, 0.3) is 0 Å². The van der Waals surface area contributed by atoms with Crippen molar-refractivity contribution < 1.29 is 9.90 Å². The first-order valence-corrected chi connectivity index (χ1v) is 9.57. The largest absolute Gasteiger partial charge is 0.386 e. The lowest BCUT2D eigenvalue weighted by Gasteiger charge is -2.27. The van der Waals surface area contributed by atoms with Gasteiger partial charge in [0.2, 0.25) is 5.91 Å². The number of aromatic nitrogens is 4. The van der Waals surface area contributed by atoms with E-state index in [2.05, 4.69) is 33.6 Å². The van der Waals surface area contributed by atoms with E-state index < -0.39 is 6.10 Å². The first-order valence-electron chi connectivity index (χ1n) is 9.57. The molecule has 0 radical (unpaired) electrons. The normalized spacial score (nSPS) is 15.6. The van der Waals surface area contributed by atoms with Gasteiger partial charge in [0.1, 0.15) is 6.10 Å². The molecule has 0 fully saturated rings. The molecule has 1 aliphatic rings. The van der Waals surface area contributed by atoms with E-state index in [1.807, 2.05) is 16.9 Å². The molecule has 3 rings (SSSR count). The standard InChI is InChI=1S/C19H30N6O2/c1-5-6-24-14(2)15(11-20-24)12-23-7-8-25-16(13-23)9-17(21-25)18(26)10-19(27)22(3)4/h9,11,18,26H,5-8,10,12-13H2,1-4H3/t18-/m0/s1. The summed E-state index contributed by atoms with van der Waals surface area (Å²) >= 11 is 0. The van der Waals surface area contributed by atoms with Gasteiger partial charge in [-0.1, -0.05) is 6.92 Å². The fourth-order valence-corrected chi connectivity index (χ4v) is 3.41. The zero-order valence-electron chi connectivity index (χ0n) is 16.7. The van der Waals surface area contributed by atoms with E-state index >= 15 is 0 Å². The minimum Gasteiger partial charge on any atom is -0.386 e. The summed E-state index contributed by atoms with van der Waals surface area (Å²) in [4.78, 5) is 15.7. The Kier molecular flexibility index (Phi) is 5.96. The average Bonchev–Trinajstić information content (AvgIpc) is 3.20. The van der Waals surface area contributed by atoms with Crippen LogP contribution < -0.4 is 0 Å². The summed E-state index contributed by atoms with van der Waals surface area (Å²) in [6.45, 7) is 8.56. The quantitative estimate of drug-likeness (QED) is 0.791. The second kappa shape index (κ2) is 8.22. The number of aliphatic hydroxyl groups is 1. The van der Waals surface area contributed by atoms with E-state index in [9.17, 15) is 9.90 Å². The third-order valence-electron chi connectivity index (χ3n) is 5.14. The highest BCUT2D eigenvalue weighted by Gasteiger charge is 2.23. The monoisotopic (exact) mass is 374 g/mol. The summed E-state index contributed by atoms with van der Waals surface area (Å²) < 4.78 is 4.02. The fraction of sp³-hybridized carbons (Fsp3) is 0.632. The van der Waals surface area contributed by atoms with Crippen molar-refractivity contribution in [2.24, 2.45) is 0 Å². The van der Waals surface area contributed by atoms with E-state index in [-0.39, 0.29) is 12.3 Å². The smallest absolute Gasteiger partial charge is 0.225 e. The summed E-state index contributed by atoms with van der Waals surface area (Å²) in [5.41, 5.74) is 4.14. The molecule has 8 heteroatoms. The van der Waals surface area contributed by atoms with Crippen molar-refractivity contribution in [3.8, 4) is 0 Å². The second-order valence-corrected chi connectivity index (χ2v) is 7.48. The fourth-order valence-electron chi connectivity index (χ4n) is 3.41. The summed E-state index contributed by atoms with van der Waals surface area (Å²) in [7, 11) is 3.38. The topological polar surface area (TPSA) is 79.4 Å². The SMILES string of the molecule is CCCn1ncc(CN2CCn3nc([C@@H](O)CC(=O)N(C)C)cc3C2)c1C. The number of amides is 1. The van der Waals surface area contributed by atoms with Gasteiger partial charge in [-0.3, -0.25) is 19.1 Å². The van der Waals surface area contributed by atoms with E-state index in [1.54, 1.807) is 14.1 Å². The zero-order valence-corrected chi connectivity index (χ0v) is 16.7. The molecule has 1 amide bonds. The lowest BCUT2D eigenvalue weighted by Crippen LogP contribution is -2.33. The average molecular weight is 374 g/mol. The van der Waals surface area contributed by atoms with Crippen molar-refractivity contribution >= 4 is 5.91 Å². The lowest BCUT2D eigenvalue weighted by molar-refractivity contribution is -0.130. The minimum absolute atomic E-state index is 0.0585. The van der Waals surface area contributed by atoms with Crippen LogP contribution in [0, 0.1) is 6.92 Å². The number of aryl methyl sites for hydroxylation is 1. The van der Waals surface area contributed by atoms with Crippen molar-refractivity contribution in [3.63, 3.8) is 0 Å². The highest BCUT2D eigenvalue weighted by atomic mass is 16.3. The Bertz CT molecular complexity index is 794. The van der Waals surface area contributed by atoms with Crippen molar-refractivity contribution in [1.82, 2.24) is 29.4 Å². The molecule has 8 nitrogen and oxygen atoms in total. The number of rotatable bonds is 7. The molecule has 1 N–H and O–H groups in total. The molecule has 0 saturated heterocycles. The predicted molar refractivity (Wildman–Crippen MR) is 102 cm³/mol. The van der Waals surface area contributed by atoms with Gasteiger partial charge in [-0.15, -0.1) is 0 Å². The Hall–Kier alpha value is -2.19. The number of nitrogens with zero attached hydrogens (tertiary/aromatic N) is 6. The van der Waals surface area contributed by atoms with Crippen LogP contribution in [0.15, 0.2) is 12.3 Å². The first kappa shape index (κ1) is 19.6. The molecule has 0 aliphatic carbocycles. The van der Waals surface area contributed by atoms with Gasteiger partial charge in [-0.05, 0) is 19.4 Å². The molecule has 0 saturated carbocycles. The maximum atomic E-state index is 11.8. The first-order chi connectivity index (χ1) is 12.9. The van der Waals surface area contributed by atoms with Crippen LogP contribution in [0.1, 0.15) is 48.5 Å². The van der Waals surface area contributed by atoms with Gasteiger partial charge >= 0.3 is 0 Å². The minimum atomic E-state index is -0.860. The number of hydrogen-bond acceptors (Lipinski definition) is 5. The van der Waals surface area contributed by atoms with Crippen LogP contribution in [0.3, 0.4) is 0 Å². The molecule has 27 heavy (non-hydrogen) atoms. The van der Waals surface area contributed by atoms with Crippen LogP contribution in [0.5, 0.6) is 0 Å². The molecule has 2 aromatic heterocycles. The molecule has 1 aliphatic heterocycles. The Balaban J connectivity index is 1.65. The maximum Gasteiger partial charge on any atom is 0.225 e. The second-order valence-electron chi connectivity index (χ2n) is 7.48. The molecule has 1 atom stereocenters. The summed E-state index contributed by atoms with van der Waals surface area (Å²) in [5, 5.41) is 19.3. The predicted octanol–water partition coefficient (Wildman–Crippen LogP) is 1.33. The van der Waals surface area contributed by atoms with Crippen LogP contribution in [0.2, 0.25) is 0 Å². The van der Waals surface area contributed by atoms with Crippen LogP contribution in [0.25, 0.3) is 0 Å². The molecular formula is C19H30N6O2. The summed E-state index contributed by atoms with van der Waals surface area (Å²) in [6, 6.07) is 1.92. The van der Waals surface area contributed by atoms with Crippen molar-refractivity contribution in [1.29, 1.82) is 0 Å². The van der Waals surface area contributed by atoms with E-state index in [0.717, 1.165) is 44.8 Å². The third-order valence-corrected chi connectivity index (χ3v) is 5.14. The van der Waals surface area contributed by atoms with Gasteiger partial charge in [-0.2, -0.15) is 10.2 Å². The number of aliphatic hydroxyl groups excluding tert-OH is 1. The Morgan fingerprint density at radius 1 is 1.37 bits per heavy atom. The van der Waals surface area contributed by atoms with Crippen LogP contribution >= 0.6 is 0 Å². The van der Waals surface area contributed by atoms with Crippen LogP contribution in [0.4, 0.5) is 0 Å². The highest BCUT2D eigenvalue weighted by Crippen LogP contribution is 2.22. The van der Waals surface area contributed by atoms with Crippen molar-refractivity contribution in [3.05, 3.63) is 34.9 Å². The van der Waals surface area contributed by atoms with E-state index in [1.165, 1.54) is 16.2 Å². The van der Waals surface area contributed by atoms with E-state index in [4.69, 9.17) is 0 Å². The maximum absolute atomic E-state index is 11.8. The van der Waals surface area contributed by atoms with Gasteiger partial charge in [-0.25, -0.2) is 0 Å². The molecule has 0 aromatic carbocycles. The van der Waals surface area contributed by atoms with Crippen LogP contribution in [-0.4, -0.2) is 61.0 Å². The molecule has 3 heterocycles. The number of carbonyl (C=O) groups excluding carboxylic acids is 1. The summed E-state index contributed by atoms with van der Waals surface area (Å²) in [6.07, 6.45) is 2.25. The van der Waals surface area contributed by atoms with Gasteiger partial charge < -0.3 is 10.0 Å². The number of fused-ring (bicyclic) bond motifs is 1.